The third-order valence-electron chi connectivity index (χ3n) is 13.8. The molecule has 0 saturated carbocycles. The summed E-state index contributed by atoms with van der Waals surface area (Å²) in [7, 11) is -7.12. The zero-order chi connectivity index (χ0) is 42.9. The van der Waals surface area contributed by atoms with E-state index >= 15 is 0 Å². The smallest absolute Gasteiger partial charge is 0.565 e. The summed E-state index contributed by atoms with van der Waals surface area (Å²) in [5.74, 6) is 4.75. The molecule has 1 aromatic rings. The number of aryl methyl sites for hydroxylation is 2. The topological polar surface area (TPSA) is 56.1 Å². The van der Waals surface area contributed by atoms with Crippen molar-refractivity contribution < 1.29 is 33.8 Å². The molecule has 0 bridgehead atoms. The molecule has 0 aromatic heterocycles. The van der Waals surface area contributed by atoms with Crippen molar-refractivity contribution >= 4 is 55.4 Å². The molecule has 15 heteroatoms. The maximum Gasteiger partial charge on any atom is 1.00 e. The minimum atomic E-state index is -1.87. The van der Waals surface area contributed by atoms with Crippen molar-refractivity contribution in [2.24, 2.45) is 9.98 Å². The van der Waals surface area contributed by atoms with Gasteiger partial charge in [-0.1, -0.05) is 74.1 Å². The van der Waals surface area contributed by atoms with E-state index in [0.29, 0.717) is 5.54 Å². The number of guanidine groups is 2. The summed E-state index contributed by atoms with van der Waals surface area (Å²) >= 11 is 6.49. The Morgan fingerprint density at radius 1 is 0.695 bits per heavy atom. The molecule has 2 fully saturated rings. The van der Waals surface area contributed by atoms with Gasteiger partial charge in [0.05, 0.1) is 5.76 Å². The second-order valence-corrected chi connectivity index (χ2v) is 41.3. The van der Waals surface area contributed by atoms with Crippen LogP contribution in [0.4, 0.5) is 4.70 Å². The Morgan fingerprint density at radius 2 is 1.14 bits per heavy atom. The Balaban J connectivity index is 0.000000479. The molecule has 8 nitrogen and oxygen atoms in total. The number of rotatable bonds is 7. The van der Waals surface area contributed by atoms with Gasteiger partial charge in [-0.2, -0.15) is 17.2 Å². The molecule has 1 unspecified atom stereocenters. The van der Waals surface area contributed by atoms with E-state index < -0.39 is 32.4 Å². The summed E-state index contributed by atoms with van der Waals surface area (Å²) in [6, 6.07) is 4.30. The molecule has 59 heavy (non-hydrogen) atoms. The standard InChI is InChI=1S/C22H41N3OSi2.C13H23OSi.C9H18ClN3Si.FH.Li.H2/c1-17-16-19(26-28(8,9)22(3,4)5)20(18(17)2)27(6,7)25-15-11-14-24-13-10-12-23-21(24)25;1-10-8-12(9-11(10)2)14-15(6,7)13(3,4)5;1-14(2,10)13-8-4-7-12-6-3-5-11-9(12)13;;;/h16,20H,10-15H2,1-9H3;8-9H,1-7H3;3-8H2,1-2H3;1H;;1H/q;-1;;;+1;/i;;;;;1+2. The van der Waals surface area contributed by atoms with Crippen LogP contribution >= 0.6 is 11.1 Å². The van der Waals surface area contributed by atoms with Gasteiger partial charge in [0.15, 0.2) is 20.2 Å². The molecule has 1 aromatic carbocycles. The molecule has 4 aliphatic heterocycles. The normalized spacial score (nSPS) is 20.3. The van der Waals surface area contributed by atoms with Crippen LogP contribution in [0.25, 0.3) is 0 Å². The Hall–Kier alpha value is -1.35. The maximum atomic E-state index is 6.94. The third-order valence-corrected chi connectivity index (χ3v) is 28.8. The second-order valence-electron chi connectivity index (χ2n) is 21.2. The summed E-state index contributed by atoms with van der Waals surface area (Å²) in [6.07, 6.45) is 7.20. The molecule has 0 amide bonds. The average molecular weight is 906 g/mol. The third kappa shape index (κ3) is 12.9. The summed E-state index contributed by atoms with van der Waals surface area (Å²) in [5.41, 5.74) is 5.98. The number of hydrogen-bond acceptors (Lipinski definition) is 8. The summed E-state index contributed by atoms with van der Waals surface area (Å²) < 4.78 is 18.2. The zero-order valence-corrected chi connectivity index (χ0v) is 45.8. The largest absolute Gasteiger partial charge is 1.00 e. The molecule has 0 radical (unpaired) electrons. The molecule has 1 atom stereocenters. The van der Waals surface area contributed by atoms with Gasteiger partial charge in [0.25, 0.3) is 7.55 Å². The van der Waals surface area contributed by atoms with Crippen LogP contribution in [0.15, 0.2) is 45.1 Å². The molecular formula is C44H85ClFLiN6O2Si4. The Bertz CT molecular complexity index is 1680. The van der Waals surface area contributed by atoms with Gasteiger partial charge in [0.2, 0.25) is 16.6 Å². The summed E-state index contributed by atoms with van der Waals surface area (Å²) in [6.45, 7) is 50.2. The molecule has 5 aliphatic rings. The molecule has 4 heterocycles. The van der Waals surface area contributed by atoms with Gasteiger partial charge in [-0.25, -0.2) is 0 Å². The predicted molar refractivity (Wildman–Crippen MR) is 263 cm³/mol. The fourth-order valence-electron chi connectivity index (χ4n) is 7.93. The number of nitrogens with zero attached hydrogens (tertiary/aromatic N) is 6. The van der Waals surface area contributed by atoms with Crippen LogP contribution in [0.2, 0.25) is 68.0 Å². The molecule has 1 aliphatic carbocycles. The van der Waals surface area contributed by atoms with Gasteiger partial charge >= 0.3 is 18.9 Å². The van der Waals surface area contributed by atoms with Crippen molar-refractivity contribution in [1.29, 1.82) is 0 Å². The molecule has 6 rings (SSSR count). The molecule has 2 saturated heterocycles. The Labute approximate surface area is 383 Å². The Kier molecular flexibility index (Phi) is 18.6. The fraction of sp³-hybridized carbons (Fsp3) is 0.750. The first-order valence-electron chi connectivity index (χ1n) is 21.9. The van der Waals surface area contributed by atoms with E-state index in [1.165, 1.54) is 78.7 Å². The zero-order valence-electron chi connectivity index (χ0n) is 41.1. The van der Waals surface area contributed by atoms with E-state index in [1.54, 1.807) is 0 Å². The van der Waals surface area contributed by atoms with Gasteiger partial charge in [-0.3, -0.25) is 14.7 Å². The first kappa shape index (κ1) is 53.8. The van der Waals surface area contributed by atoms with E-state index in [4.69, 9.17) is 24.9 Å². The van der Waals surface area contributed by atoms with Gasteiger partial charge in [0, 0.05) is 59.3 Å². The van der Waals surface area contributed by atoms with E-state index in [9.17, 15) is 0 Å². The van der Waals surface area contributed by atoms with Gasteiger partial charge < -0.3 is 27.8 Å². The van der Waals surface area contributed by atoms with Crippen molar-refractivity contribution in [3.63, 3.8) is 0 Å². The van der Waals surface area contributed by atoms with Crippen molar-refractivity contribution in [1.82, 2.24) is 18.9 Å². The summed E-state index contributed by atoms with van der Waals surface area (Å²) in [5, 5.41) is 0.482. The van der Waals surface area contributed by atoms with E-state index in [2.05, 4.69) is 164 Å². The molecule has 0 spiro atoms. The molecular weight excluding hydrogens is 818 g/mol. The predicted octanol–water partition coefficient (Wildman–Crippen LogP) is 9.09. The van der Waals surface area contributed by atoms with Crippen molar-refractivity contribution in [3.05, 3.63) is 46.2 Å². The maximum absolute atomic E-state index is 6.94. The Morgan fingerprint density at radius 3 is 1.58 bits per heavy atom. The van der Waals surface area contributed by atoms with Crippen LogP contribution in [-0.4, -0.2) is 116 Å². The monoisotopic (exact) mass is 905 g/mol. The number of fused-ring (bicyclic) bond motifs is 2. The van der Waals surface area contributed by atoms with Crippen LogP contribution in [-0.2, 0) is 4.43 Å². The van der Waals surface area contributed by atoms with Crippen LogP contribution in [0.3, 0.4) is 0 Å². The van der Waals surface area contributed by atoms with Crippen LogP contribution in [0, 0.1) is 13.8 Å². The van der Waals surface area contributed by atoms with E-state index in [1.807, 2.05) is 0 Å². The number of aliphatic imine (C=N–C) groups is 2. The van der Waals surface area contributed by atoms with Gasteiger partial charge in [-0.05, 0) is 106 Å². The number of halogens is 2. The summed E-state index contributed by atoms with van der Waals surface area (Å²) in [4.78, 5) is 14.5. The van der Waals surface area contributed by atoms with Crippen molar-refractivity contribution in [3.8, 4) is 5.75 Å². The van der Waals surface area contributed by atoms with E-state index in [0.717, 1.165) is 45.0 Å². The van der Waals surface area contributed by atoms with Crippen molar-refractivity contribution in [2.45, 2.75) is 163 Å². The van der Waals surface area contributed by atoms with Crippen LogP contribution in [0.5, 0.6) is 5.75 Å². The van der Waals surface area contributed by atoms with Crippen LogP contribution < -0.4 is 23.3 Å². The quantitative estimate of drug-likeness (QED) is 0.155. The number of hydrogen-bond donors (Lipinski definition) is 0. The fourth-order valence-corrected chi connectivity index (χ4v) is 15.9. The minimum Gasteiger partial charge on any atom is -0.565 e. The first-order chi connectivity index (χ1) is 26.1. The first-order valence-corrected chi connectivity index (χ1v) is 34.7. The van der Waals surface area contributed by atoms with Gasteiger partial charge in [-0.15, -0.1) is 17.1 Å². The molecule has 334 valence electrons. The van der Waals surface area contributed by atoms with Gasteiger partial charge in [0.1, 0.15) is 0 Å². The second kappa shape index (κ2) is 20.4. The number of allylic oxidation sites excluding steroid dienone is 3. The van der Waals surface area contributed by atoms with Crippen LogP contribution in [0.1, 0.15) is 93.6 Å². The van der Waals surface area contributed by atoms with Crippen molar-refractivity contribution in [2.75, 3.05) is 52.4 Å². The SMILES string of the molecule is CC1=C(C)C([Si](C)(C)N2CCCN3CCCN=C32)C(O[Si](C)(C)C(C)(C)C)=C1.C[Si](C)(Cl)N1CCCN2CCCN=C21.Cc1cc(O[Si](C)(C)C(C)(C)C)[cH-]c1C.F.[3HH].[Li+]. The van der Waals surface area contributed by atoms with E-state index in [-0.39, 0.29) is 35.1 Å². The average Bonchev–Trinajstić information content (AvgIpc) is 3.56. The minimum absolute atomic E-state index is 0. The molecule has 0 N–H and O–H groups in total.